The predicted molar refractivity (Wildman–Crippen MR) is 99.3 cm³/mol. The topological polar surface area (TPSA) is 78.0 Å². The van der Waals surface area contributed by atoms with E-state index < -0.39 is 0 Å². The van der Waals surface area contributed by atoms with Gasteiger partial charge in [-0.15, -0.1) is 0 Å². The van der Waals surface area contributed by atoms with Gasteiger partial charge in [-0.05, 0) is 29.9 Å². The molecule has 2 rings (SSSR count). The first-order chi connectivity index (χ1) is 11.6. The maximum absolute atomic E-state index is 11.0. The van der Waals surface area contributed by atoms with Crippen LogP contribution in [-0.2, 0) is 9.53 Å². The van der Waals surface area contributed by atoms with Crippen molar-refractivity contribution < 1.29 is 9.53 Å². The van der Waals surface area contributed by atoms with E-state index in [1.165, 1.54) is 6.92 Å². The molecule has 24 heavy (non-hydrogen) atoms. The van der Waals surface area contributed by atoms with Crippen molar-refractivity contribution in [2.24, 2.45) is 5.10 Å². The summed E-state index contributed by atoms with van der Waals surface area (Å²) in [7, 11) is 0. The fourth-order valence-electron chi connectivity index (χ4n) is 2.21. The van der Waals surface area contributed by atoms with Crippen LogP contribution in [0.4, 0.5) is 5.69 Å². The van der Waals surface area contributed by atoms with Crippen LogP contribution in [0, 0.1) is 0 Å². The molecule has 130 valence electrons. The summed E-state index contributed by atoms with van der Waals surface area (Å²) in [6, 6.07) is 7.38. The molecule has 0 unspecified atom stereocenters. The Kier molecular flexibility index (Phi) is 7.60. The van der Waals surface area contributed by atoms with E-state index in [4.69, 9.17) is 17.0 Å². The SMILES string of the molecule is CC(=O)Nc1ccc(/C=N\NC(=S)NCCN2CCOCC2)cc1. The highest BCUT2D eigenvalue weighted by Crippen LogP contribution is 2.07. The van der Waals surface area contributed by atoms with E-state index >= 15 is 0 Å². The number of nitrogens with zero attached hydrogens (tertiary/aromatic N) is 2. The summed E-state index contributed by atoms with van der Waals surface area (Å²) < 4.78 is 5.31. The highest BCUT2D eigenvalue weighted by atomic mass is 32.1. The monoisotopic (exact) mass is 349 g/mol. The Balaban J connectivity index is 1.65. The fourth-order valence-corrected chi connectivity index (χ4v) is 2.37. The molecular weight excluding hydrogens is 326 g/mol. The van der Waals surface area contributed by atoms with Gasteiger partial charge in [-0.3, -0.25) is 15.1 Å². The van der Waals surface area contributed by atoms with Crippen LogP contribution in [-0.4, -0.2) is 61.5 Å². The third-order valence-electron chi connectivity index (χ3n) is 3.43. The van der Waals surface area contributed by atoms with Crippen molar-refractivity contribution >= 4 is 35.1 Å². The van der Waals surface area contributed by atoms with Gasteiger partial charge in [0.1, 0.15) is 0 Å². The molecule has 0 radical (unpaired) electrons. The van der Waals surface area contributed by atoms with Crippen molar-refractivity contribution in [2.45, 2.75) is 6.92 Å². The van der Waals surface area contributed by atoms with Crippen LogP contribution < -0.4 is 16.1 Å². The molecule has 1 fully saturated rings. The first-order valence-corrected chi connectivity index (χ1v) is 8.29. The minimum absolute atomic E-state index is 0.0911. The standard InChI is InChI=1S/C16H23N5O2S/c1-13(22)19-15-4-2-14(3-5-15)12-18-20-16(24)17-6-7-21-8-10-23-11-9-21/h2-5,12H,6-11H2,1H3,(H,19,22)(H2,17,20,24)/b18-12-. The number of nitrogens with one attached hydrogen (secondary N) is 3. The normalized spacial score (nSPS) is 15.2. The van der Waals surface area contributed by atoms with Gasteiger partial charge in [-0.2, -0.15) is 5.10 Å². The number of morpholine rings is 1. The van der Waals surface area contributed by atoms with Crippen molar-refractivity contribution in [1.82, 2.24) is 15.6 Å². The lowest BCUT2D eigenvalue weighted by Crippen LogP contribution is -2.42. The Morgan fingerprint density at radius 3 is 2.71 bits per heavy atom. The molecular formula is C16H23N5O2S. The zero-order valence-electron chi connectivity index (χ0n) is 13.7. The number of ether oxygens (including phenoxy) is 1. The molecule has 1 aliphatic rings. The molecule has 8 heteroatoms. The van der Waals surface area contributed by atoms with Gasteiger partial charge < -0.3 is 15.4 Å². The third-order valence-corrected chi connectivity index (χ3v) is 3.66. The largest absolute Gasteiger partial charge is 0.379 e. The quantitative estimate of drug-likeness (QED) is 0.400. The molecule has 1 saturated heterocycles. The molecule has 1 aromatic rings. The van der Waals surface area contributed by atoms with Crippen LogP contribution in [0.3, 0.4) is 0 Å². The molecule has 0 bridgehead atoms. The zero-order chi connectivity index (χ0) is 17.2. The number of carbonyl (C=O) groups excluding carboxylic acids is 1. The molecule has 1 heterocycles. The molecule has 1 aromatic carbocycles. The number of amides is 1. The maximum Gasteiger partial charge on any atom is 0.221 e. The van der Waals surface area contributed by atoms with Crippen molar-refractivity contribution in [2.75, 3.05) is 44.7 Å². The lowest BCUT2D eigenvalue weighted by atomic mass is 10.2. The minimum atomic E-state index is -0.0911. The second kappa shape index (κ2) is 9.96. The summed E-state index contributed by atoms with van der Waals surface area (Å²) in [4.78, 5) is 13.3. The summed E-state index contributed by atoms with van der Waals surface area (Å²) in [5.74, 6) is -0.0911. The Morgan fingerprint density at radius 2 is 2.04 bits per heavy atom. The number of hydrazone groups is 1. The van der Waals surface area contributed by atoms with Crippen LogP contribution in [0.25, 0.3) is 0 Å². The number of rotatable bonds is 6. The Hall–Kier alpha value is -2.03. The van der Waals surface area contributed by atoms with Crippen molar-refractivity contribution in [3.05, 3.63) is 29.8 Å². The van der Waals surface area contributed by atoms with Gasteiger partial charge in [0.25, 0.3) is 0 Å². The molecule has 1 aliphatic heterocycles. The number of anilines is 1. The highest BCUT2D eigenvalue weighted by Gasteiger charge is 2.09. The lowest BCUT2D eigenvalue weighted by molar-refractivity contribution is -0.114. The number of carbonyl (C=O) groups is 1. The van der Waals surface area contributed by atoms with Gasteiger partial charge >= 0.3 is 0 Å². The highest BCUT2D eigenvalue weighted by molar-refractivity contribution is 7.80. The van der Waals surface area contributed by atoms with Crippen LogP contribution in [0.5, 0.6) is 0 Å². The second-order valence-electron chi connectivity index (χ2n) is 5.38. The summed E-state index contributed by atoms with van der Waals surface area (Å²) in [6.07, 6.45) is 1.67. The molecule has 7 nitrogen and oxygen atoms in total. The summed E-state index contributed by atoms with van der Waals surface area (Å²) in [6.45, 7) is 6.71. The van der Waals surface area contributed by atoms with E-state index in [0.717, 1.165) is 50.6 Å². The Bertz CT molecular complexity index is 570. The predicted octanol–water partition coefficient (Wildman–Crippen LogP) is 0.775. The van der Waals surface area contributed by atoms with Gasteiger partial charge in [0, 0.05) is 38.8 Å². The van der Waals surface area contributed by atoms with E-state index in [9.17, 15) is 4.79 Å². The third kappa shape index (κ3) is 7.03. The van der Waals surface area contributed by atoms with Gasteiger partial charge in [0.05, 0.1) is 19.4 Å². The van der Waals surface area contributed by atoms with Gasteiger partial charge in [-0.1, -0.05) is 12.1 Å². The smallest absolute Gasteiger partial charge is 0.221 e. The Morgan fingerprint density at radius 1 is 1.33 bits per heavy atom. The number of hydrogen-bond donors (Lipinski definition) is 3. The van der Waals surface area contributed by atoms with E-state index in [1.807, 2.05) is 24.3 Å². The fraction of sp³-hybridized carbons (Fsp3) is 0.438. The van der Waals surface area contributed by atoms with Gasteiger partial charge in [0.15, 0.2) is 5.11 Å². The van der Waals surface area contributed by atoms with Crippen LogP contribution >= 0.6 is 12.2 Å². The van der Waals surface area contributed by atoms with E-state index in [1.54, 1.807) is 6.21 Å². The van der Waals surface area contributed by atoms with Crippen LogP contribution in [0.15, 0.2) is 29.4 Å². The van der Waals surface area contributed by atoms with E-state index in [-0.39, 0.29) is 5.91 Å². The summed E-state index contributed by atoms with van der Waals surface area (Å²) in [5, 5.41) is 10.4. The van der Waals surface area contributed by atoms with Gasteiger partial charge in [0.2, 0.25) is 5.91 Å². The summed E-state index contributed by atoms with van der Waals surface area (Å²) in [5.41, 5.74) is 4.46. The van der Waals surface area contributed by atoms with Crippen LogP contribution in [0.2, 0.25) is 0 Å². The first-order valence-electron chi connectivity index (χ1n) is 7.88. The van der Waals surface area contributed by atoms with Crippen LogP contribution in [0.1, 0.15) is 12.5 Å². The van der Waals surface area contributed by atoms with Crippen molar-refractivity contribution in [3.63, 3.8) is 0 Å². The second-order valence-corrected chi connectivity index (χ2v) is 5.79. The number of hydrogen-bond acceptors (Lipinski definition) is 5. The maximum atomic E-state index is 11.0. The van der Waals surface area contributed by atoms with Gasteiger partial charge in [-0.25, -0.2) is 0 Å². The number of thiocarbonyl (C=S) groups is 1. The minimum Gasteiger partial charge on any atom is -0.379 e. The molecule has 0 saturated carbocycles. The van der Waals surface area contributed by atoms with E-state index in [2.05, 4.69) is 26.1 Å². The number of benzene rings is 1. The van der Waals surface area contributed by atoms with Crippen molar-refractivity contribution in [1.29, 1.82) is 0 Å². The molecule has 0 atom stereocenters. The Labute approximate surface area is 147 Å². The molecule has 1 amide bonds. The lowest BCUT2D eigenvalue weighted by Gasteiger charge is -2.26. The average Bonchev–Trinajstić information content (AvgIpc) is 2.57. The van der Waals surface area contributed by atoms with Crippen molar-refractivity contribution in [3.8, 4) is 0 Å². The average molecular weight is 349 g/mol. The molecule has 0 spiro atoms. The summed E-state index contributed by atoms with van der Waals surface area (Å²) >= 11 is 5.18. The first kappa shape index (κ1) is 18.3. The molecule has 3 N–H and O–H groups in total. The molecule has 0 aliphatic carbocycles. The van der Waals surface area contributed by atoms with E-state index in [0.29, 0.717) is 5.11 Å². The molecule has 0 aromatic heterocycles. The zero-order valence-corrected chi connectivity index (χ0v) is 14.6.